The highest BCUT2D eigenvalue weighted by Gasteiger charge is 2.29. The zero-order valence-corrected chi connectivity index (χ0v) is 13.1. The van der Waals surface area contributed by atoms with Gasteiger partial charge in [-0.05, 0) is 45.4 Å². The molecule has 2 N–H and O–H groups in total. The maximum absolute atomic E-state index is 13.5. The minimum absolute atomic E-state index is 0.267. The van der Waals surface area contributed by atoms with Crippen LogP contribution in [0.2, 0.25) is 0 Å². The molecule has 1 aromatic carbocycles. The van der Waals surface area contributed by atoms with E-state index < -0.39 is 21.4 Å². The van der Waals surface area contributed by atoms with Gasteiger partial charge in [-0.15, -0.1) is 10.2 Å². The summed E-state index contributed by atoms with van der Waals surface area (Å²) in [6.45, 7) is 7.17. The minimum atomic E-state index is -4.03. The molecule has 0 radical (unpaired) electrons. The number of benzene rings is 1. The quantitative estimate of drug-likeness (QED) is 0.915. The zero-order valence-electron chi connectivity index (χ0n) is 12.3. The van der Waals surface area contributed by atoms with Gasteiger partial charge in [-0.2, -0.15) is 0 Å². The number of aryl methyl sites for hydroxylation is 1. The maximum atomic E-state index is 13.5. The molecule has 0 aliphatic rings. The summed E-state index contributed by atoms with van der Waals surface area (Å²) in [6, 6.07) is 4.23. The summed E-state index contributed by atoms with van der Waals surface area (Å²) in [7, 11) is -4.03. The van der Waals surface area contributed by atoms with E-state index in [1.807, 2.05) is 0 Å². The Morgan fingerprint density at radius 3 is 2.38 bits per heavy atom. The average Bonchev–Trinajstić information content (AvgIpc) is 2.76. The van der Waals surface area contributed by atoms with Crippen molar-refractivity contribution in [3.8, 4) is 11.4 Å². The number of sulfonamides is 1. The van der Waals surface area contributed by atoms with E-state index in [2.05, 4.69) is 10.2 Å². The highest BCUT2D eigenvalue weighted by Crippen LogP contribution is 2.29. The van der Waals surface area contributed by atoms with Gasteiger partial charge in [0.15, 0.2) is 5.82 Å². The summed E-state index contributed by atoms with van der Waals surface area (Å²) < 4.78 is 38.3. The number of nitrogens with two attached hydrogens (primary N) is 1. The van der Waals surface area contributed by atoms with E-state index in [-0.39, 0.29) is 11.0 Å². The van der Waals surface area contributed by atoms with Crippen LogP contribution in [0.25, 0.3) is 11.4 Å². The van der Waals surface area contributed by atoms with Crippen molar-refractivity contribution in [1.29, 1.82) is 0 Å². The lowest BCUT2D eigenvalue weighted by Gasteiger charge is -2.24. The van der Waals surface area contributed by atoms with Crippen molar-refractivity contribution >= 4 is 10.0 Å². The predicted octanol–water partition coefficient (Wildman–Crippen LogP) is 1.80. The minimum Gasteiger partial charge on any atom is -0.291 e. The Morgan fingerprint density at radius 2 is 1.86 bits per heavy atom. The number of aromatic nitrogens is 3. The van der Waals surface area contributed by atoms with Gasteiger partial charge in [0.05, 0.1) is 0 Å². The van der Waals surface area contributed by atoms with Gasteiger partial charge in [-0.3, -0.25) is 4.57 Å². The Morgan fingerprint density at radius 1 is 1.24 bits per heavy atom. The fourth-order valence-corrected chi connectivity index (χ4v) is 2.84. The van der Waals surface area contributed by atoms with Crippen LogP contribution in [-0.2, 0) is 15.6 Å². The lowest BCUT2D eigenvalue weighted by molar-refractivity contribution is 0.366. The second-order valence-electron chi connectivity index (χ2n) is 5.82. The molecule has 0 saturated heterocycles. The highest BCUT2D eigenvalue weighted by atomic mass is 32.2. The van der Waals surface area contributed by atoms with Crippen LogP contribution in [0.1, 0.15) is 26.3 Å². The molecular weight excluding hydrogens is 295 g/mol. The second kappa shape index (κ2) is 4.88. The first-order valence-electron chi connectivity index (χ1n) is 6.27. The van der Waals surface area contributed by atoms with Gasteiger partial charge in [-0.25, -0.2) is 17.9 Å². The standard InChI is InChI=1S/C13H17FN4O2S/c1-8-5-6-9(14)7-10(8)11-16-17-12(21(15,19)20)18(11)13(2,3)4/h5-7H,1-4H3,(H2,15,19,20). The third kappa shape index (κ3) is 2.96. The molecule has 21 heavy (non-hydrogen) atoms. The molecule has 2 aromatic rings. The molecule has 0 aliphatic carbocycles. The molecule has 0 atom stereocenters. The Hall–Kier alpha value is -1.80. The zero-order chi connectivity index (χ0) is 16.0. The van der Waals surface area contributed by atoms with Crippen molar-refractivity contribution < 1.29 is 12.8 Å². The van der Waals surface area contributed by atoms with E-state index in [1.165, 1.54) is 16.7 Å². The van der Waals surface area contributed by atoms with E-state index in [1.54, 1.807) is 33.8 Å². The van der Waals surface area contributed by atoms with E-state index in [4.69, 9.17) is 5.14 Å². The third-order valence-corrected chi connectivity index (χ3v) is 3.77. The fraction of sp³-hybridized carbons (Fsp3) is 0.385. The number of nitrogens with zero attached hydrogens (tertiary/aromatic N) is 3. The van der Waals surface area contributed by atoms with Gasteiger partial charge in [-0.1, -0.05) is 6.07 Å². The van der Waals surface area contributed by atoms with Crippen molar-refractivity contribution in [3.63, 3.8) is 0 Å². The SMILES string of the molecule is Cc1ccc(F)cc1-c1nnc(S(N)(=O)=O)n1C(C)(C)C. The molecule has 6 nitrogen and oxygen atoms in total. The third-order valence-electron chi connectivity index (χ3n) is 3.00. The molecule has 0 amide bonds. The van der Waals surface area contributed by atoms with Crippen molar-refractivity contribution in [2.24, 2.45) is 5.14 Å². The molecule has 8 heteroatoms. The van der Waals surface area contributed by atoms with Crippen LogP contribution < -0.4 is 5.14 Å². The van der Waals surface area contributed by atoms with E-state index in [9.17, 15) is 12.8 Å². The molecule has 2 rings (SSSR count). The van der Waals surface area contributed by atoms with Gasteiger partial charge in [0.25, 0.3) is 15.2 Å². The number of hydrogen-bond acceptors (Lipinski definition) is 4. The van der Waals surface area contributed by atoms with Gasteiger partial charge in [0.2, 0.25) is 0 Å². The number of halogens is 1. The van der Waals surface area contributed by atoms with Gasteiger partial charge in [0.1, 0.15) is 5.82 Å². The van der Waals surface area contributed by atoms with Crippen LogP contribution in [0.15, 0.2) is 23.4 Å². The van der Waals surface area contributed by atoms with E-state index >= 15 is 0 Å². The van der Waals surface area contributed by atoms with E-state index in [0.717, 1.165) is 5.56 Å². The van der Waals surface area contributed by atoms with Crippen LogP contribution in [0.3, 0.4) is 0 Å². The van der Waals surface area contributed by atoms with Crippen LogP contribution in [0, 0.1) is 12.7 Å². The average molecular weight is 312 g/mol. The molecule has 0 unspecified atom stereocenters. The first-order chi connectivity index (χ1) is 9.51. The molecule has 0 fully saturated rings. The Labute approximate surface area is 122 Å². The second-order valence-corrected chi connectivity index (χ2v) is 7.27. The highest BCUT2D eigenvalue weighted by molar-refractivity contribution is 7.89. The monoisotopic (exact) mass is 312 g/mol. The van der Waals surface area contributed by atoms with Crippen molar-refractivity contribution in [2.75, 3.05) is 0 Å². The van der Waals surface area contributed by atoms with Crippen LogP contribution in [0.4, 0.5) is 4.39 Å². The predicted molar refractivity (Wildman–Crippen MR) is 76.5 cm³/mol. The Bertz CT molecular complexity index is 791. The first-order valence-corrected chi connectivity index (χ1v) is 7.81. The Balaban J connectivity index is 2.83. The van der Waals surface area contributed by atoms with Gasteiger partial charge >= 0.3 is 0 Å². The molecular formula is C13H17FN4O2S. The molecule has 0 saturated carbocycles. The number of hydrogen-bond donors (Lipinski definition) is 1. The summed E-state index contributed by atoms with van der Waals surface area (Å²) in [4.78, 5) is 0. The summed E-state index contributed by atoms with van der Waals surface area (Å²) in [5.74, 6) is -0.167. The summed E-state index contributed by atoms with van der Waals surface area (Å²) in [6.07, 6.45) is 0. The Kier molecular flexibility index (Phi) is 3.63. The lowest BCUT2D eigenvalue weighted by Crippen LogP contribution is -2.29. The van der Waals surface area contributed by atoms with Gasteiger partial charge < -0.3 is 0 Å². The molecule has 1 heterocycles. The molecule has 1 aromatic heterocycles. The molecule has 114 valence electrons. The number of rotatable bonds is 2. The first kappa shape index (κ1) is 15.6. The summed E-state index contributed by atoms with van der Waals surface area (Å²) in [5.41, 5.74) is 0.599. The smallest absolute Gasteiger partial charge is 0.273 e. The van der Waals surface area contributed by atoms with Crippen LogP contribution >= 0.6 is 0 Å². The lowest BCUT2D eigenvalue weighted by atomic mass is 10.0. The van der Waals surface area contributed by atoms with Crippen LogP contribution in [-0.4, -0.2) is 23.2 Å². The fourth-order valence-electron chi connectivity index (χ4n) is 2.07. The number of primary sulfonamides is 1. The summed E-state index contributed by atoms with van der Waals surface area (Å²) in [5, 5.41) is 12.4. The largest absolute Gasteiger partial charge is 0.291 e. The maximum Gasteiger partial charge on any atom is 0.273 e. The van der Waals surface area contributed by atoms with Crippen molar-refractivity contribution in [1.82, 2.24) is 14.8 Å². The topological polar surface area (TPSA) is 90.9 Å². The van der Waals surface area contributed by atoms with Gasteiger partial charge in [0, 0.05) is 11.1 Å². The molecule has 0 bridgehead atoms. The normalized spacial score (nSPS) is 12.7. The van der Waals surface area contributed by atoms with Crippen LogP contribution in [0.5, 0.6) is 0 Å². The molecule has 0 aliphatic heterocycles. The van der Waals surface area contributed by atoms with E-state index in [0.29, 0.717) is 5.56 Å². The van der Waals surface area contributed by atoms with Crippen molar-refractivity contribution in [3.05, 3.63) is 29.6 Å². The molecule has 0 spiro atoms. The van der Waals surface area contributed by atoms with Crippen molar-refractivity contribution in [2.45, 2.75) is 38.4 Å². The summed E-state index contributed by atoms with van der Waals surface area (Å²) >= 11 is 0.